The third kappa shape index (κ3) is 2.29. The highest BCUT2D eigenvalue weighted by molar-refractivity contribution is 9.10. The molecule has 0 N–H and O–H groups in total. The maximum Gasteiger partial charge on any atom is 0.161 e. The summed E-state index contributed by atoms with van der Waals surface area (Å²) in [6.07, 6.45) is 4.35. The Balaban J connectivity index is 1.79. The molecule has 1 atom stereocenters. The van der Waals surface area contributed by atoms with Gasteiger partial charge in [-0.3, -0.25) is 4.40 Å². The van der Waals surface area contributed by atoms with E-state index in [1.807, 2.05) is 18.3 Å². The van der Waals surface area contributed by atoms with Crippen molar-refractivity contribution in [3.8, 4) is 0 Å². The number of aromatic nitrogens is 3. The van der Waals surface area contributed by atoms with Crippen molar-refractivity contribution in [2.75, 3.05) is 19.6 Å². The van der Waals surface area contributed by atoms with Crippen LogP contribution < -0.4 is 0 Å². The van der Waals surface area contributed by atoms with Gasteiger partial charge < -0.3 is 4.90 Å². The van der Waals surface area contributed by atoms with Crippen LogP contribution in [0.25, 0.3) is 5.65 Å². The molecular formula is C13H17BrN4. The van der Waals surface area contributed by atoms with Gasteiger partial charge in [-0.15, -0.1) is 10.2 Å². The van der Waals surface area contributed by atoms with Crippen LogP contribution in [0.3, 0.4) is 0 Å². The van der Waals surface area contributed by atoms with Gasteiger partial charge in [-0.05, 0) is 37.6 Å². The van der Waals surface area contributed by atoms with Gasteiger partial charge in [-0.25, -0.2) is 0 Å². The van der Waals surface area contributed by atoms with Crippen molar-refractivity contribution < 1.29 is 0 Å². The molecule has 1 aliphatic heterocycles. The largest absolute Gasteiger partial charge is 0.303 e. The summed E-state index contributed by atoms with van der Waals surface area (Å²) in [6.45, 7) is 5.81. The minimum Gasteiger partial charge on any atom is -0.303 e. The zero-order valence-corrected chi connectivity index (χ0v) is 12.1. The summed E-state index contributed by atoms with van der Waals surface area (Å²) < 4.78 is 3.14. The van der Waals surface area contributed by atoms with Crippen LogP contribution in [-0.2, 0) is 6.42 Å². The first-order valence-electron chi connectivity index (χ1n) is 6.48. The maximum absolute atomic E-state index is 4.32. The SMILES string of the molecule is CCN1CCC(Cc2nnc3cc(Br)ccn23)C1. The van der Waals surface area contributed by atoms with E-state index in [1.165, 1.54) is 19.5 Å². The lowest BCUT2D eigenvalue weighted by Crippen LogP contribution is -2.20. The normalized spacial score (nSPS) is 20.9. The predicted octanol–water partition coefficient (Wildman–Crippen LogP) is 2.38. The van der Waals surface area contributed by atoms with Crippen LogP contribution >= 0.6 is 15.9 Å². The molecule has 0 radical (unpaired) electrons. The van der Waals surface area contributed by atoms with E-state index in [0.29, 0.717) is 0 Å². The lowest BCUT2D eigenvalue weighted by molar-refractivity contribution is 0.340. The fraction of sp³-hybridized carbons (Fsp3) is 0.538. The smallest absolute Gasteiger partial charge is 0.161 e. The standard InChI is InChI=1S/C13H17BrN4/c1-2-17-5-3-10(9-17)7-12-15-16-13-8-11(14)4-6-18(12)13/h4,6,8,10H,2-3,5,7,9H2,1H3. The molecule has 5 heteroatoms. The molecular weight excluding hydrogens is 292 g/mol. The first-order chi connectivity index (χ1) is 8.76. The zero-order chi connectivity index (χ0) is 12.5. The van der Waals surface area contributed by atoms with E-state index in [1.54, 1.807) is 0 Å². The van der Waals surface area contributed by atoms with Gasteiger partial charge in [0.1, 0.15) is 5.82 Å². The Morgan fingerprint density at radius 1 is 1.44 bits per heavy atom. The van der Waals surface area contributed by atoms with E-state index in [9.17, 15) is 0 Å². The molecule has 2 aromatic rings. The fourth-order valence-electron chi connectivity index (χ4n) is 2.68. The molecule has 18 heavy (non-hydrogen) atoms. The van der Waals surface area contributed by atoms with Gasteiger partial charge >= 0.3 is 0 Å². The Labute approximate surface area is 115 Å². The van der Waals surface area contributed by atoms with Crippen LogP contribution in [0.4, 0.5) is 0 Å². The van der Waals surface area contributed by atoms with Crippen molar-refractivity contribution in [2.45, 2.75) is 19.8 Å². The highest BCUT2D eigenvalue weighted by atomic mass is 79.9. The summed E-state index contributed by atoms with van der Waals surface area (Å²) in [5, 5.41) is 8.55. The molecule has 0 spiro atoms. The summed E-state index contributed by atoms with van der Waals surface area (Å²) in [7, 11) is 0. The van der Waals surface area contributed by atoms with Gasteiger partial charge in [0, 0.05) is 23.6 Å². The summed E-state index contributed by atoms with van der Waals surface area (Å²) in [5.74, 6) is 1.81. The van der Waals surface area contributed by atoms with Crippen LogP contribution in [-0.4, -0.2) is 39.1 Å². The molecule has 4 nitrogen and oxygen atoms in total. The quantitative estimate of drug-likeness (QED) is 0.873. The third-order valence-electron chi connectivity index (χ3n) is 3.73. The predicted molar refractivity (Wildman–Crippen MR) is 74.6 cm³/mol. The van der Waals surface area contributed by atoms with Crippen LogP contribution in [0.15, 0.2) is 22.8 Å². The van der Waals surface area contributed by atoms with Crippen LogP contribution in [0.5, 0.6) is 0 Å². The maximum atomic E-state index is 4.32. The zero-order valence-electron chi connectivity index (χ0n) is 10.5. The minimum atomic E-state index is 0.723. The highest BCUT2D eigenvalue weighted by Gasteiger charge is 2.23. The average molecular weight is 309 g/mol. The second kappa shape index (κ2) is 4.97. The molecule has 1 unspecified atom stereocenters. The van der Waals surface area contributed by atoms with E-state index in [-0.39, 0.29) is 0 Å². The molecule has 96 valence electrons. The van der Waals surface area contributed by atoms with Crippen LogP contribution in [0.2, 0.25) is 0 Å². The Morgan fingerprint density at radius 3 is 3.11 bits per heavy atom. The van der Waals surface area contributed by atoms with Gasteiger partial charge in [0.15, 0.2) is 5.65 Å². The van der Waals surface area contributed by atoms with Gasteiger partial charge in [0.05, 0.1) is 0 Å². The molecule has 0 aliphatic carbocycles. The molecule has 0 aromatic carbocycles. The van der Waals surface area contributed by atoms with Crippen molar-refractivity contribution in [3.63, 3.8) is 0 Å². The topological polar surface area (TPSA) is 33.4 Å². The molecule has 1 fully saturated rings. The Kier molecular flexibility index (Phi) is 3.35. The van der Waals surface area contributed by atoms with Crippen LogP contribution in [0.1, 0.15) is 19.2 Å². The second-order valence-corrected chi connectivity index (χ2v) is 5.86. The molecule has 0 saturated carbocycles. The van der Waals surface area contributed by atoms with E-state index in [2.05, 4.69) is 42.4 Å². The van der Waals surface area contributed by atoms with Crippen LogP contribution in [0, 0.1) is 5.92 Å². The van der Waals surface area contributed by atoms with Gasteiger partial charge in [-0.2, -0.15) is 0 Å². The van der Waals surface area contributed by atoms with E-state index >= 15 is 0 Å². The monoisotopic (exact) mass is 308 g/mol. The van der Waals surface area contributed by atoms with E-state index in [4.69, 9.17) is 0 Å². The number of rotatable bonds is 3. The molecule has 1 aliphatic rings. The lowest BCUT2D eigenvalue weighted by atomic mass is 10.0. The second-order valence-electron chi connectivity index (χ2n) is 4.94. The number of pyridine rings is 1. The first kappa shape index (κ1) is 12.1. The first-order valence-corrected chi connectivity index (χ1v) is 7.27. The lowest BCUT2D eigenvalue weighted by Gasteiger charge is -2.12. The van der Waals surface area contributed by atoms with Gasteiger partial charge in [0.2, 0.25) is 0 Å². The molecule has 0 bridgehead atoms. The Hall–Kier alpha value is -0.940. The average Bonchev–Trinajstić information content (AvgIpc) is 2.97. The van der Waals surface area contributed by atoms with Gasteiger partial charge in [0.25, 0.3) is 0 Å². The number of nitrogens with zero attached hydrogens (tertiary/aromatic N) is 4. The summed E-state index contributed by atoms with van der Waals surface area (Å²) >= 11 is 3.46. The Bertz CT molecular complexity index is 551. The highest BCUT2D eigenvalue weighted by Crippen LogP contribution is 2.21. The number of halogens is 1. The number of hydrogen-bond acceptors (Lipinski definition) is 3. The minimum absolute atomic E-state index is 0.723. The van der Waals surface area contributed by atoms with Crippen molar-refractivity contribution in [1.82, 2.24) is 19.5 Å². The summed E-state index contributed by atoms with van der Waals surface area (Å²) in [4.78, 5) is 2.50. The van der Waals surface area contributed by atoms with E-state index < -0.39 is 0 Å². The summed E-state index contributed by atoms with van der Waals surface area (Å²) in [6, 6.07) is 4.04. The summed E-state index contributed by atoms with van der Waals surface area (Å²) in [5.41, 5.74) is 0.921. The van der Waals surface area contributed by atoms with Gasteiger partial charge in [-0.1, -0.05) is 22.9 Å². The number of likely N-dealkylation sites (tertiary alicyclic amines) is 1. The number of fused-ring (bicyclic) bond motifs is 1. The molecule has 3 heterocycles. The molecule has 3 rings (SSSR count). The number of hydrogen-bond donors (Lipinski definition) is 0. The molecule has 2 aromatic heterocycles. The van der Waals surface area contributed by atoms with Crippen molar-refractivity contribution >= 4 is 21.6 Å². The van der Waals surface area contributed by atoms with Crippen molar-refractivity contribution in [2.24, 2.45) is 5.92 Å². The van der Waals surface area contributed by atoms with Crippen molar-refractivity contribution in [1.29, 1.82) is 0 Å². The Morgan fingerprint density at radius 2 is 2.33 bits per heavy atom. The van der Waals surface area contributed by atoms with E-state index in [0.717, 1.165) is 34.8 Å². The molecule has 0 amide bonds. The molecule has 1 saturated heterocycles. The third-order valence-corrected chi connectivity index (χ3v) is 4.22. The van der Waals surface area contributed by atoms with Crippen molar-refractivity contribution in [3.05, 3.63) is 28.6 Å². The fourth-order valence-corrected chi connectivity index (χ4v) is 3.00.